The maximum absolute atomic E-state index is 12.0. The van der Waals surface area contributed by atoms with Crippen LogP contribution < -0.4 is 5.32 Å². The molecule has 122 valence electrons. The zero-order valence-corrected chi connectivity index (χ0v) is 15.1. The molecule has 6 nitrogen and oxygen atoms in total. The first kappa shape index (κ1) is 17.6. The van der Waals surface area contributed by atoms with Crippen molar-refractivity contribution < 1.29 is 14.7 Å². The summed E-state index contributed by atoms with van der Waals surface area (Å²) in [5, 5.41) is 15.3. The first-order valence-corrected chi connectivity index (χ1v) is 8.57. The van der Waals surface area contributed by atoms with Crippen molar-refractivity contribution in [2.75, 3.05) is 11.1 Å². The quantitative estimate of drug-likeness (QED) is 0.731. The number of aromatic nitrogens is 2. The highest BCUT2D eigenvalue weighted by molar-refractivity contribution is 9.10. The number of aliphatic carboxylic acids is 1. The lowest BCUT2D eigenvalue weighted by Crippen LogP contribution is -2.15. The first-order valence-electron chi connectivity index (χ1n) is 6.80. The second-order valence-electron chi connectivity index (χ2n) is 5.00. The van der Waals surface area contributed by atoms with Crippen molar-refractivity contribution in [1.82, 2.24) is 9.78 Å². The molecule has 0 unspecified atom stereocenters. The average molecular weight is 398 g/mol. The van der Waals surface area contributed by atoms with Gasteiger partial charge < -0.3 is 10.4 Å². The molecule has 0 saturated carbocycles. The Balaban J connectivity index is 1.91. The van der Waals surface area contributed by atoms with Gasteiger partial charge in [0.05, 0.1) is 5.75 Å². The lowest BCUT2D eigenvalue weighted by atomic mass is 10.2. The van der Waals surface area contributed by atoms with Crippen molar-refractivity contribution >= 4 is 45.4 Å². The molecular weight excluding hydrogens is 382 g/mol. The van der Waals surface area contributed by atoms with Crippen LogP contribution in [0.4, 0.5) is 5.82 Å². The topological polar surface area (TPSA) is 84.2 Å². The molecule has 0 saturated heterocycles. The lowest BCUT2D eigenvalue weighted by molar-refractivity contribution is -0.137. The van der Waals surface area contributed by atoms with Crippen LogP contribution in [0.1, 0.15) is 11.1 Å². The van der Waals surface area contributed by atoms with E-state index in [1.165, 1.54) is 22.6 Å². The number of thioether (sulfide) groups is 1. The molecule has 1 aromatic heterocycles. The molecule has 0 radical (unpaired) electrons. The normalized spacial score (nSPS) is 10.6. The average Bonchev–Trinajstić information content (AvgIpc) is 2.87. The van der Waals surface area contributed by atoms with Gasteiger partial charge in [0.25, 0.3) is 0 Å². The number of benzene rings is 1. The summed E-state index contributed by atoms with van der Waals surface area (Å²) in [6.45, 7) is 3.77. The monoisotopic (exact) mass is 397 g/mol. The maximum Gasteiger partial charge on any atom is 0.325 e. The predicted molar refractivity (Wildman–Crippen MR) is 92.8 cm³/mol. The van der Waals surface area contributed by atoms with Gasteiger partial charge in [0.15, 0.2) is 5.82 Å². The molecule has 1 heterocycles. The molecule has 2 N–H and O–H groups in total. The number of anilines is 1. The predicted octanol–water partition coefficient (Wildman–Crippen LogP) is 3.08. The van der Waals surface area contributed by atoms with E-state index in [9.17, 15) is 9.59 Å². The number of nitrogens with one attached hydrogen (secondary N) is 1. The van der Waals surface area contributed by atoms with Gasteiger partial charge in [-0.05, 0) is 37.1 Å². The number of nitrogens with zero attached hydrogens (tertiary/aromatic N) is 2. The number of hydrogen-bond acceptors (Lipinski definition) is 4. The van der Waals surface area contributed by atoms with Gasteiger partial charge in [0, 0.05) is 21.6 Å². The van der Waals surface area contributed by atoms with E-state index in [0.717, 1.165) is 20.5 Å². The van der Waals surface area contributed by atoms with Crippen LogP contribution in [-0.4, -0.2) is 32.5 Å². The van der Waals surface area contributed by atoms with Crippen LogP contribution >= 0.6 is 27.7 Å². The standard InChI is InChI=1S/C15H16BrN3O3S/c1-9-6-12(10(2)5-11(9)16)23-8-14(20)17-13-3-4-19(18-13)7-15(21)22/h3-6H,7-8H2,1-2H3,(H,21,22)(H,17,18,20). The molecule has 0 atom stereocenters. The van der Waals surface area contributed by atoms with Gasteiger partial charge >= 0.3 is 5.97 Å². The molecule has 2 rings (SSSR count). The molecule has 2 aromatic rings. The molecule has 23 heavy (non-hydrogen) atoms. The Kier molecular flexibility index (Phi) is 5.84. The third-order valence-corrected chi connectivity index (χ3v) is 5.03. The van der Waals surface area contributed by atoms with Gasteiger partial charge in [0.1, 0.15) is 6.54 Å². The number of halogens is 1. The zero-order valence-electron chi connectivity index (χ0n) is 12.7. The van der Waals surface area contributed by atoms with E-state index in [0.29, 0.717) is 5.82 Å². The Morgan fingerprint density at radius 2 is 2.09 bits per heavy atom. The Labute approximate surface area is 146 Å². The third kappa shape index (κ3) is 5.11. The second-order valence-corrected chi connectivity index (χ2v) is 6.87. The third-order valence-electron chi connectivity index (χ3n) is 3.02. The highest BCUT2D eigenvalue weighted by Crippen LogP contribution is 2.28. The molecule has 0 fully saturated rings. The van der Waals surface area contributed by atoms with E-state index < -0.39 is 5.97 Å². The van der Waals surface area contributed by atoms with Gasteiger partial charge in [-0.1, -0.05) is 15.9 Å². The van der Waals surface area contributed by atoms with Crippen LogP contribution in [-0.2, 0) is 16.1 Å². The van der Waals surface area contributed by atoms with Crippen LogP contribution in [0, 0.1) is 13.8 Å². The fourth-order valence-corrected chi connectivity index (χ4v) is 3.25. The number of hydrogen-bond donors (Lipinski definition) is 2. The summed E-state index contributed by atoms with van der Waals surface area (Å²) in [7, 11) is 0. The van der Waals surface area contributed by atoms with Crippen LogP contribution in [0.5, 0.6) is 0 Å². The summed E-state index contributed by atoms with van der Waals surface area (Å²) in [6.07, 6.45) is 1.51. The molecule has 0 bridgehead atoms. The molecule has 8 heteroatoms. The summed E-state index contributed by atoms with van der Waals surface area (Å²) < 4.78 is 2.31. The SMILES string of the molecule is Cc1cc(SCC(=O)Nc2ccn(CC(=O)O)n2)c(C)cc1Br. The van der Waals surface area contributed by atoms with E-state index in [-0.39, 0.29) is 18.2 Å². The van der Waals surface area contributed by atoms with Crippen molar-refractivity contribution in [2.24, 2.45) is 0 Å². The van der Waals surface area contributed by atoms with Gasteiger partial charge in [-0.2, -0.15) is 5.10 Å². The summed E-state index contributed by atoms with van der Waals surface area (Å²) in [6, 6.07) is 5.64. The molecule has 1 amide bonds. The first-order chi connectivity index (χ1) is 10.8. The van der Waals surface area contributed by atoms with Crippen LogP contribution in [0.2, 0.25) is 0 Å². The molecule has 0 spiro atoms. The highest BCUT2D eigenvalue weighted by Gasteiger charge is 2.09. The number of aryl methyl sites for hydroxylation is 2. The van der Waals surface area contributed by atoms with Crippen molar-refractivity contribution in [1.29, 1.82) is 0 Å². The van der Waals surface area contributed by atoms with E-state index in [2.05, 4.69) is 26.3 Å². The Hall–Kier alpha value is -1.80. The molecule has 0 aliphatic heterocycles. The summed E-state index contributed by atoms with van der Waals surface area (Å²) >= 11 is 4.94. The minimum atomic E-state index is -0.984. The van der Waals surface area contributed by atoms with Crippen molar-refractivity contribution in [2.45, 2.75) is 25.3 Å². The van der Waals surface area contributed by atoms with Crippen LogP contribution in [0.15, 0.2) is 33.8 Å². The van der Waals surface area contributed by atoms with Gasteiger partial charge in [-0.3, -0.25) is 14.3 Å². The number of carboxylic acids is 1. The minimum absolute atomic E-state index is 0.185. The molecule has 0 aliphatic carbocycles. The number of carbonyl (C=O) groups excluding carboxylic acids is 1. The molecule has 0 aliphatic rings. The largest absolute Gasteiger partial charge is 0.480 e. The Morgan fingerprint density at radius 1 is 1.35 bits per heavy atom. The maximum atomic E-state index is 12.0. The molecular formula is C15H16BrN3O3S. The number of amides is 1. The fraction of sp³-hybridized carbons (Fsp3) is 0.267. The van der Waals surface area contributed by atoms with E-state index >= 15 is 0 Å². The zero-order chi connectivity index (χ0) is 17.0. The van der Waals surface area contributed by atoms with E-state index in [1.54, 1.807) is 6.07 Å². The smallest absolute Gasteiger partial charge is 0.325 e. The van der Waals surface area contributed by atoms with E-state index in [1.807, 2.05) is 26.0 Å². The van der Waals surface area contributed by atoms with Crippen molar-refractivity contribution in [3.8, 4) is 0 Å². The number of carboxylic acid groups (broad SMARTS) is 1. The van der Waals surface area contributed by atoms with E-state index in [4.69, 9.17) is 5.11 Å². The Morgan fingerprint density at radius 3 is 2.78 bits per heavy atom. The lowest BCUT2D eigenvalue weighted by Gasteiger charge is -2.08. The number of rotatable bonds is 6. The summed E-state index contributed by atoms with van der Waals surface area (Å²) in [5.41, 5.74) is 2.22. The van der Waals surface area contributed by atoms with Crippen molar-refractivity contribution in [3.05, 3.63) is 40.0 Å². The summed E-state index contributed by atoms with van der Waals surface area (Å²) in [4.78, 5) is 23.6. The van der Waals surface area contributed by atoms with Gasteiger partial charge in [0.2, 0.25) is 5.91 Å². The van der Waals surface area contributed by atoms with Crippen LogP contribution in [0.3, 0.4) is 0 Å². The second kappa shape index (κ2) is 7.65. The van der Waals surface area contributed by atoms with Gasteiger partial charge in [-0.15, -0.1) is 11.8 Å². The fourth-order valence-electron chi connectivity index (χ4n) is 1.89. The van der Waals surface area contributed by atoms with Gasteiger partial charge in [-0.25, -0.2) is 0 Å². The number of carbonyl (C=O) groups is 2. The highest BCUT2D eigenvalue weighted by atomic mass is 79.9. The minimum Gasteiger partial charge on any atom is -0.480 e. The summed E-state index contributed by atoms with van der Waals surface area (Å²) in [5.74, 6) is -0.563. The Bertz CT molecular complexity index is 746. The molecule has 1 aromatic carbocycles. The van der Waals surface area contributed by atoms with Crippen molar-refractivity contribution in [3.63, 3.8) is 0 Å². The van der Waals surface area contributed by atoms with Crippen LogP contribution in [0.25, 0.3) is 0 Å².